The molecule has 0 bridgehead atoms. The van der Waals surface area contributed by atoms with Gasteiger partial charge in [0.2, 0.25) is 0 Å². The van der Waals surface area contributed by atoms with Crippen molar-refractivity contribution in [1.82, 2.24) is 0 Å². The van der Waals surface area contributed by atoms with Gasteiger partial charge in [0.1, 0.15) is 0 Å². The zero-order valence-electron chi connectivity index (χ0n) is 22.5. The molecule has 6 nitrogen and oxygen atoms in total. The van der Waals surface area contributed by atoms with E-state index in [1.54, 1.807) is 41.5 Å². The normalized spacial score (nSPS) is 14.6. The predicted molar refractivity (Wildman–Crippen MR) is 130 cm³/mol. The average Bonchev–Trinajstić information content (AvgIpc) is 2.72. The van der Waals surface area contributed by atoms with Crippen molar-refractivity contribution in [3.63, 3.8) is 0 Å². The summed E-state index contributed by atoms with van der Waals surface area (Å²) in [7, 11) is 0. The molecule has 0 fully saturated rings. The SMILES string of the molecule is CC(C)C(=O)CC(=O)C(C)[CH2][Tb]([CH2]C(C)C(=O)CC(=O)C(C)C)[CH2]C(C)C(=O)CC(=O)C(C)C. The third-order valence-electron chi connectivity index (χ3n) is 5.82. The Kier molecular flexibility index (Phi) is 15.8. The van der Waals surface area contributed by atoms with Crippen LogP contribution in [0.5, 0.6) is 0 Å². The Balaban J connectivity index is 5.41. The molecule has 34 heavy (non-hydrogen) atoms. The first-order chi connectivity index (χ1) is 15.6. The molecule has 198 valence electrons. The van der Waals surface area contributed by atoms with Gasteiger partial charge in [-0.2, -0.15) is 0 Å². The molecule has 0 saturated heterocycles. The molecule has 3 unspecified atom stereocenters. The van der Waals surface area contributed by atoms with E-state index < -0.39 is 32.7 Å². The zero-order valence-corrected chi connectivity index (χ0v) is 24.6. The molecule has 0 radical (unpaired) electrons. The van der Waals surface area contributed by atoms with E-state index in [1.165, 1.54) is 0 Å². The Morgan fingerprint density at radius 3 is 0.794 bits per heavy atom. The quantitative estimate of drug-likeness (QED) is 0.191. The van der Waals surface area contributed by atoms with E-state index in [4.69, 9.17) is 0 Å². The number of ketones is 6. The van der Waals surface area contributed by atoms with Crippen LogP contribution in [-0.2, 0) is 28.8 Å². The van der Waals surface area contributed by atoms with Crippen LogP contribution in [0.3, 0.4) is 0 Å². The van der Waals surface area contributed by atoms with Crippen molar-refractivity contribution in [3.05, 3.63) is 0 Å². The molecule has 0 heterocycles. The van der Waals surface area contributed by atoms with E-state index in [0.717, 1.165) is 0 Å². The minimum atomic E-state index is -2.11. The van der Waals surface area contributed by atoms with Gasteiger partial charge in [-0.15, -0.1) is 0 Å². The van der Waals surface area contributed by atoms with Crippen molar-refractivity contribution in [2.24, 2.45) is 35.5 Å². The number of Topliss-reactive ketones (excluding diaryl/α,β-unsaturated/α-hetero) is 6. The summed E-state index contributed by atoms with van der Waals surface area (Å²) in [4.78, 5) is 74.1. The molecular formula is C27H45O6Tb. The van der Waals surface area contributed by atoms with Crippen molar-refractivity contribution in [3.8, 4) is 0 Å². The molecule has 0 saturated carbocycles. The number of hydrogen-bond donors (Lipinski definition) is 0. The van der Waals surface area contributed by atoms with E-state index in [1.807, 2.05) is 20.8 Å². The molecule has 0 rings (SSSR count). The molecule has 0 aromatic rings. The van der Waals surface area contributed by atoms with Gasteiger partial charge in [0.25, 0.3) is 0 Å². The Morgan fingerprint density at radius 1 is 0.412 bits per heavy atom. The van der Waals surface area contributed by atoms with Crippen molar-refractivity contribution in [1.29, 1.82) is 0 Å². The summed E-state index contributed by atoms with van der Waals surface area (Å²) in [5.41, 5.74) is 0. The van der Waals surface area contributed by atoms with Crippen LogP contribution in [0.15, 0.2) is 0 Å². The van der Waals surface area contributed by atoms with Gasteiger partial charge in [-0.3, -0.25) is 0 Å². The van der Waals surface area contributed by atoms with Crippen molar-refractivity contribution in [2.75, 3.05) is 0 Å². The number of carbonyl (C=O) groups excluding carboxylic acids is 6. The summed E-state index contributed by atoms with van der Waals surface area (Å²) in [5, 5.41) is 0. The van der Waals surface area contributed by atoms with Crippen molar-refractivity contribution in [2.45, 2.75) is 88.8 Å². The first kappa shape index (κ1) is 33.3. The van der Waals surface area contributed by atoms with E-state index in [9.17, 15) is 28.8 Å². The van der Waals surface area contributed by atoms with Crippen LogP contribution in [0.25, 0.3) is 0 Å². The van der Waals surface area contributed by atoms with Gasteiger partial charge in [0.05, 0.1) is 0 Å². The van der Waals surface area contributed by atoms with Gasteiger partial charge in [0, 0.05) is 0 Å². The Morgan fingerprint density at radius 2 is 0.618 bits per heavy atom. The molecule has 0 aliphatic carbocycles. The van der Waals surface area contributed by atoms with Crippen LogP contribution < -0.4 is 0 Å². The third-order valence-corrected chi connectivity index (χ3v) is 13.4. The Labute approximate surface area is 219 Å². The Bertz CT molecular complexity index is 652. The summed E-state index contributed by atoms with van der Waals surface area (Å²) in [6.07, 6.45) is -0.252. The van der Waals surface area contributed by atoms with Crippen LogP contribution >= 0.6 is 0 Å². The van der Waals surface area contributed by atoms with E-state index >= 15 is 0 Å². The maximum absolute atomic E-state index is 12.7. The van der Waals surface area contributed by atoms with E-state index in [0.29, 0.717) is 7.18 Å². The van der Waals surface area contributed by atoms with Gasteiger partial charge >= 0.3 is 220 Å². The van der Waals surface area contributed by atoms with Gasteiger partial charge in [-0.1, -0.05) is 0 Å². The van der Waals surface area contributed by atoms with Crippen molar-refractivity contribution < 1.29 is 61.4 Å². The molecular weight excluding hydrogens is 579 g/mol. The predicted octanol–water partition coefficient (Wildman–Crippen LogP) is 5.32. The third kappa shape index (κ3) is 12.8. The second kappa shape index (κ2) is 16.1. The summed E-state index contributed by atoms with van der Waals surface area (Å²) in [5.74, 6) is -2.02. The topological polar surface area (TPSA) is 102 Å². The average molecular weight is 625 g/mol. The molecule has 0 amide bonds. The first-order valence-electron chi connectivity index (χ1n) is 12.2. The van der Waals surface area contributed by atoms with Crippen LogP contribution in [0.4, 0.5) is 0 Å². The van der Waals surface area contributed by atoms with Gasteiger partial charge in [-0.25, -0.2) is 0 Å². The zero-order chi connectivity index (χ0) is 26.7. The minimum absolute atomic E-state index is 0.0788. The molecule has 0 aliphatic heterocycles. The molecule has 0 aromatic heterocycles. The summed E-state index contributed by atoms with van der Waals surface area (Å²) in [6, 6.07) is 0. The fourth-order valence-corrected chi connectivity index (χ4v) is 11.0. The summed E-state index contributed by atoms with van der Waals surface area (Å²) >= 11 is -2.11. The molecule has 0 spiro atoms. The summed E-state index contributed by atoms with van der Waals surface area (Å²) < 4.78 is 1.86. The van der Waals surface area contributed by atoms with Crippen LogP contribution in [-0.4, -0.2) is 34.7 Å². The second-order valence-electron chi connectivity index (χ2n) is 10.4. The fourth-order valence-electron chi connectivity index (χ4n) is 2.91. The van der Waals surface area contributed by atoms with E-state index in [2.05, 4.69) is 0 Å². The van der Waals surface area contributed by atoms with Gasteiger partial charge in [-0.05, 0) is 0 Å². The van der Waals surface area contributed by atoms with Gasteiger partial charge < -0.3 is 0 Å². The number of hydrogen-bond acceptors (Lipinski definition) is 6. The van der Waals surface area contributed by atoms with Crippen LogP contribution in [0.2, 0.25) is 7.18 Å². The summed E-state index contributed by atoms with van der Waals surface area (Å²) in [6.45, 7) is 16.1. The molecule has 7 heteroatoms. The van der Waals surface area contributed by atoms with Gasteiger partial charge in [0.15, 0.2) is 0 Å². The number of carbonyl (C=O) groups is 6. The van der Waals surface area contributed by atoms with Crippen LogP contribution in [0.1, 0.15) is 81.6 Å². The molecule has 3 atom stereocenters. The molecule has 0 aromatic carbocycles. The molecule has 0 N–H and O–H groups in total. The second-order valence-corrected chi connectivity index (χ2v) is 16.2. The fraction of sp³-hybridized carbons (Fsp3) is 0.778. The van der Waals surface area contributed by atoms with E-state index in [-0.39, 0.29) is 89.5 Å². The Hall–Kier alpha value is -0.694. The first-order valence-corrected chi connectivity index (χ1v) is 16.7. The maximum atomic E-state index is 12.7. The van der Waals surface area contributed by atoms with Crippen molar-refractivity contribution >= 4 is 34.7 Å². The monoisotopic (exact) mass is 624 g/mol. The number of rotatable bonds is 18. The van der Waals surface area contributed by atoms with Crippen LogP contribution in [0, 0.1) is 68.2 Å². The molecule has 0 aliphatic rings. The standard InChI is InChI=1S/3C9H15O2.Tb/c3*1-6(2)8(10)5-9(11)7(3)4;/h3*6-7H,1,5H2,2-4H3;.